The maximum absolute atomic E-state index is 7.58. The van der Waals surface area contributed by atoms with Crippen molar-refractivity contribution in [2.24, 2.45) is 5.11 Å². The van der Waals surface area contributed by atoms with Gasteiger partial charge in [-0.2, -0.15) is 0 Å². The van der Waals surface area contributed by atoms with E-state index in [4.69, 9.17) is 12.0 Å². The van der Waals surface area contributed by atoms with Crippen LogP contribution in [0.25, 0.3) is 10.4 Å². The Morgan fingerprint density at radius 1 is 1.27 bits per heavy atom. The molecule has 0 rings (SSSR count). The molecule has 0 saturated heterocycles. The first-order valence-corrected chi connectivity index (χ1v) is 4.16. The highest BCUT2D eigenvalue weighted by Crippen LogP contribution is 1.66. The summed E-state index contributed by atoms with van der Waals surface area (Å²) in [5.74, 6) is 2.30. The van der Waals surface area contributed by atoms with Crippen LogP contribution in [0, 0.1) is 12.3 Å². The minimum atomic E-state index is 0.122. The lowest BCUT2D eigenvalue weighted by molar-refractivity contribution is 0.207. The fraction of sp³-hybridized carbons (Fsp3) is 0.778. The molecule has 0 atom stereocenters. The highest BCUT2D eigenvalue weighted by Gasteiger charge is 1.62. The van der Waals surface area contributed by atoms with Crippen LogP contribution >= 0.6 is 0 Å². The van der Waals surface area contributed by atoms with Gasteiger partial charge in [0.15, 0.2) is 0 Å². The molecule has 0 N–H and O–H groups in total. The summed E-state index contributed by atoms with van der Waals surface area (Å²) in [7, 11) is 4.72. The fourth-order valence-corrected chi connectivity index (χ4v) is 0.167. The largest absolute Gasteiger partial charge is 0.385 e. The molecule has 0 aromatic carbocycles. The van der Waals surface area contributed by atoms with Crippen molar-refractivity contribution < 1.29 is 14.2 Å². The topological polar surface area (TPSA) is 76.5 Å². The molecule has 0 aromatic rings. The Kier molecular flexibility index (Phi) is 37.8. The van der Waals surface area contributed by atoms with Gasteiger partial charge in [0.05, 0.1) is 0 Å². The van der Waals surface area contributed by atoms with Crippen LogP contribution < -0.4 is 0 Å². The molecular weight excluding hydrogens is 198 g/mol. The van der Waals surface area contributed by atoms with Gasteiger partial charge in [0, 0.05) is 32.8 Å². The van der Waals surface area contributed by atoms with Crippen molar-refractivity contribution in [1.29, 1.82) is 0 Å². The van der Waals surface area contributed by atoms with Gasteiger partial charge in [-0.1, -0.05) is 11.0 Å². The van der Waals surface area contributed by atoms with Crippen LogP contribution in [0.5, 0.6) is 0 Å². The zero-order valence-electron chi connectivity index (χ0n) is 9.77. The molecule has 0 aliphatic rings. The van der Waals surface area contributed by atoms with Crippen molar-refractivity contribution in [3.63, 3.8) is 0 Å². The maximum atomic E-state index is 7.58. The summed E-state index contributed by atoms with van der Waals surface area (Å²) in [6.07, 6.45) is 4.76. The summed E-state index contributed by atoms with van der Waals surface area (Å²) in [4.78, 5) is 2.43. The van der Waals surface area contributed by atoms with E-state index in [1.54, 1.807) is 14.2 Å². The predicted octanol–water partition coefficient (Wildman–Crippen LogP) is 1.82. The Morgan fingerprint density at radius 3 is 1.87 bits per heavy atom. The van der Waals surface area contributed by atoms with Crippen LogP contribution in [0.15, 0.2) is 5.11 Å². The molecule has 0 aromatic heterocycles. The molecule has 0 heterocycles. The van der Waals surface area contributed by atoms with Gasteiger partial charge in [0.2, 0.25) is 0 Å². The van der Waals surface area contributed by atoms with Crippen molar-refractivity contribution in [1.82, 2.24) is 0 Å². The van der Waals surface area contributed by atoms with Crippen molar-refractivity contribution >= 4 is 0 Å². The van der Waals surface area contributed by atoms with Crippen LogP contribution in [-0.4, -0.2) is 41.3 Å². The molecule has 6 heteroatoms. The average molecular weight is 217 g/mol. The molecular formula is C9H19N3O3. The Morgan fingerprint density at radius 2 is 1.80 bits per heavy atom. The quantitative estimate of drug-likeness (QED) is 0.312. The predicted molar refractivity (Wildman–Crippen MR) is 59.3 cm³/mol. The van der Waals surface area contributed by atoms with E-state index in [1.807, 2.05) is 6.92 Å². The zero-order chi connectivity index (χ0) is 12.4. The molecule has 0 fully saturated rings. The Balaban J connectivity index is -0.000000147. The highest BCUT2D eigenvalue weighted by atomic mass is 16.5. The van der Waals surface area contributed by atoms with Gasteiger partial charge in [-0.05, 0) is 12.5 Å². The van der Waals surface area contributed by atoms with E-state index < -0.39 is 0 Å². The Labute approximate surface area is 91.1 Å². The third-order valence-corrected chi connectivity index (χ3v) is 0.766. The van der Waals surface area contributed by atoms with Crippen molar-refractivity contribution in [2.45, 2.75) is 6.92 Å². The average Bonchev–Trinajstić information content (AvgIpc) is 2.28. The smallest absolute Gasteiger partial charge is 0.125 e. The highest BCUT2D eigenvalue weighted by molar-refractivity contribution is 4.82. The number of nitrogens with zero attached hydrogens (tertiary/aromatic N) is 3. The minimum absolute atomic E-state index is 0.122. The number of ether oxygens (including phenoxy) is 3. The molecule has 0 bridgehead atoms. The first-order chi connectivity index (χ1) is 7.24. The second-order valence-corrected chi connectivity index (χ2v) is 1.86. The number of azide groups is 1. The third kappa shape index (κ3) is 65.3. The number of methoxy groups -OCH3 is 3. The minimum Gasteiger partial charge on any atom is -0.385 e. The second kappa shape index (κ2) is 29.3. The number of terminal acetylenes is 1. The standard InChI is InChI=1S/C4H6O.C3H8O.C2H5N3O/c1-3-4-5-2;1-3-4-2;1-6-2-4-5-3/h1H,4H2,2H3;3H2,1-2H3;2H2,1H3. The van der Waals surface area contributed by atoms with E-state index in [0.717, 1.165) is 6.61 Å². The lowest BCUT2D eigenvalue weighted by Crippen LogP contribution is -1.77. The molecule has 0 aliphatic heterocycles. The van der Waals surface area contributed by atoms with E-state index in [9.17, 15) is 0 Å². The van der Waals surface area contributed by atoms with Crippen molar-refractivity contribution in [2.75, 3.05) is 41.3 Å². The van der Waals surface area contributed by atoms with Crippen LogP contribution in [0.1, 0.15) is 6.92 Å². The summed E-state index contributed by atoms with van der Waals surface area (Å²) in [6.45, 7) is 3.32. The van der Waals surface area contributed by atoms with Crippen molar-refractivity contribution in [3.8, 4) is 12.3 Å². The zero-order valence-corrected chi connectivity index (χ0v) is 9.77. The van der Waals surface area contributed by atoms with Gasteiger partial charge in [-0.3, -0.25) is 0 Å². The summed E-state index contributed by atoms with van der Waals surface area (Å²) in [6, 6.07) is 0. The molecule has 6 nitrogen and oxygen atoms in total. The second-order valence-electron chi connectivity index (χ2n) is 1.86. The normalized spacial score (nSPS) is 6.87. The summed E-state index contributed by atoms with van der Waals surface area (Å²) < 4.78 is 13.4. The Hall–Kier alpha value is -1.25. The third-order valence-electron chi connectivity index (χ3n) is 0.766. The summed E-state index contributed by atoms with van der Waals surface area (Å²) in [5.41, 5.74) is 7.58. The van der Waals surface area contributed by atoms with E-state index in [2.05, 4.69) is 30.2 Å². The van der Waals surface area contributed by atoms with Gasteiger partial charge >= 0.3 is 0 Å². The lowest BCUT2D eigenvalue weighted by atomic mass is 10.8. The van der Waals surface area contributed by atoms with Gasteiger partial charge in [0.25, 0.3) is 0 Å². The van der Waals surface area contributed by atoms with E-state index in [0.29, 0.717) is 6.61 Å². The SMILES string of the molecule is C#CCOC.CCOC.COCN=[N+]=[N-]. The number of hydrogen-bond donors (Lipinski definition) is 0. The lowest BCUT2D eigenvalue weighted by Gasteiger charge is -1.78. The molecule has 0 aliphatic carbocycles. The molecule has 0 amide bonds. The monoisotopic (exact) mass is 217 g/mol. The van der Waals surface area contributed by atoms with Gasteiger partial charge < -0.3 is 14.2 Å². The maximum Gasteiger partial charge on any atom is 0.125 e. The van der Waals surface area contributed by atoms with Gasteiger partial charge in [0.1, 0.15) is 13.3 Å². The molecule has 0 unspecified atom stereocenters. The van der Waals surface area contributed by atoms with E-state index in [1.165, 1.54) is 7.11 Å². The molecule has 88 valence electrons. The summed E-state index contributed by atoms with van der Waals surface area (Å²) >= 11 is 0. The van der Waals surface area contributed by atoms with Gasteiger partial charge in [-0.25, -0.2) is 0 Å². The van der Waals surface area contributed by atoms with E-state index in [-0.39, 0.29) is 6.73 Å². The van der Waals surface area contributed by atoms with Gasteiger partial charge in [-0.15, -0.1) is 6.42 Å². The fourth-order valence-electron chi connectivity index (χ4n) is 0.167. The number of hydrogen-bond acceptors (Lipinski definition) is 4. The van der Waals surface area contributed by atoms with Crippen LogP contribution in [0.2, 0.25) is 0 Å². The number of rotatable bonds is 4. The molecule has 15 heavy (non-hydrogen) atoms. The first kappa shape index (κ1) is 19.3. The Bertz CT molecular complexity index is 172. The summed E-state index contributed by atoms with van der Waals surface area (Å²) in [5, 5.41) is 3.05. The molecule has 0 spiro atoms. The van der Waals surface area contributed by atoms with E-state index >= 15 is 0 Å². The van der Waals surface area contributed by atoms with Crippen LogP contribution in [-0.2, 0) is 14.2 Å². The molecule has 0 radical (unpaired) electrons. The van der Waals surface area contributed by atoms with Crippen LogP contribution in [0.3, 0.4) is 0 Å². The molecule has 0 saturated carbocycles. The first-order valence-electron chi connectivity index (χ1n) is 4.16. The van der Waals surface area contributed by atoms with Crippen LogP contribution in [0.4, 0.5) is 0 Å². The van der Waals surface area contributed by atoms with Crippen molar-refractivity contribution in [3.05, 3.63) is 10.4 Å².